The van der Waals surface area contributed by atoms with E-state index >= 15 is 0 Å². The van der Waals surface area contributed by atoms with Crippen LogP contribution in [0.2, 0.25) is 0 Å². The molecule has 2 aromatic rings. The molecule has 0 unspecified atom stereocenters. The molecule has 1 atom stereocenters. The van der Waals surface area contributed by atoms with Crippen molar-refractivity contribution >= 4 is 27.8 Å². The lowest BCUT2D eigenvalue weighted by atomic mass is 10.00. The molecule has 0 saturated heterocycles. The molecule has 2 aromatic carbocycles. The lowest BCUT2D eigenvalue weighted by molar-refractivity contribution is 0.0600. The summed E-state index contributed by atoms with van der Waals surface area (Å²) >= 11 is 3.42. The van der Waals surface area contributed by atoms with E-state index in [1.54, 1.807) is 24.3 Å². The number of aliphatic hydroxyl groups excluding tert-OH is 1. The largest absolute Gasteiger partial charge is 0.465 e. The Morgan fingerprint density at radius 1 is 1.16 bits per heavy atom. The summed E-state index contributed by atoms with van der Waals surface area (Å²) in [7, 11) is 1.31. The molecular formula is C19H20BrNO4. The average molecular weight is 406 g/mol. The molecular weight excluding hydrogens is 386 g/mol. The van der Waals surface area contributed by atoms with Crippen LogP contribution in [-0.4, -0.2) is 37.2 Å². The highest BCUT2D eigenvalue weighted by Gasteiger charge is 2.13. The van der Waals surface area contributed by atoms with E-state index in [0.29, 0.717) is 24.1 Å². The van der Waals surface area contributed by atoms with E-state index in [4.69, 9.17) is 0 Å². The predicted octanol–water partition coefficient (Wildman–Crippen LogP) is 2.82. The van der Waals surface area contributed by atoms with Crippen molar-refractivity contribution < 1.29 is 19.4 Å². The third kappa shape index (κ3) is 5.69. The molecule has 2 rings (SSSR count). The third-order valence-corrected chi connectivity index (χ3v) is 4.28. The number of hydrogen-bond donors (Lipinski definition) is 2. The molecule has 0 radical (unpaired) electrons. The second-order valence-corrected chi connectivity index (χ2v) is 6.58. The van der Waals surface area contributed by atoms with Crippen molar-refractivity contribution in [1.29, 1.82) is 0 Å². The monoisotopic (exact) mass is 405 g/mol. The Morgan fingerprint density at radius 2 is 1.84 bits per heavy atom. The van der Waals surface area contributed by atoms with Crippen LogP contribution in [0.1, 0.15) is 26.3 Å². The van der Waals surface area contributed by atoms with E-state index in [1.807, 2.05) is 24.3 Å². The van der Waals surface area contributed by atoms with Crippen molar-refractivity contribution in [2.24, 2.45) is 5.92 Å². The van der Waals surface area contributed by atoms with E-state index < -0.39 is 5.97 Å². The number of rotatable bonds is 7. The van der Waals surface area contributed by atoms with Crippen molar-refractivity contribution in [3.05, 3.63) is 69.7 Å². The van der Waals surface area contributed by atoms with Gasteiger partial charge in [0.05, 0.1) is 12.7 Å². The third-order valence-electron chi connectivity index (χ3n) is 3.79. The molecule has 6 heteroatoms. The first-order chi connectivity index (χ1) is 12.0. The fourth-order valence-corrected chi connectivity index (χ4v) is 2.86. The second-order valence-electron chi connectivity index (χ2n) is 5.66. The molecule has 0 saturated carbocycles. The van der Waals surface area contributed by atoms with Gasteiger partial charge in [0.1, 0.15) is 0 Å². The van der Waals surface area contributed by atoms with Crippen molar-refractivity contribution in [3.63, 3.8) is 0 Å². The van der Waals surface area contributed by atoms with Crippen molar-refractivity contribution in [3.8, 4) is 0 Å². The number of ether oxygens (including phenoxy) is 1. The van der Waals surface area contributed by atoms with Crippen molar-refractivity contribution in [2.75, 3.05) is 20.3 Å². The first-order valence-electron chi connectivity index (χ1n) is 7.85. The van der Waals surface area contributed by atoms with Gasteiger partial charge < -0.3 is 15.2 Å². The molecule has 0 heterocycles. The highest BCUT2D eigenvalue weighted by atomic mass is 79.9. The van der Waals surface area contributed by atoms with E-state index in [9.17, 15) is 14.7 Å². The van der Waals surface area contributed by atoms with Gasteiger partial charge in [0.25, 0.3) is 5.91 Å². The summed E-state index contributed by atoms with van der Waals surface area (Å²) in [6.45, 7) is 0.342. The average Bonchev–Trinajstić information content (AvgIpc) is 2.64. The quantitative estimate of drug-likeness (QED) is 0.694. The van der Waals surface area contributed by atoms with Crippen molar-refractivity contribution in [2.45, 2.75) is 6.42 Å². The number of hydrogen-bond acceptors (Lipinski definition) is 4. The fraction of sp³-hybridized carbons (Fsp3) is 0.263. The van der Waals surface area contributed by atoms with Crippen LogP contribution in [0.25, 0.3) is 0 Å². The number of nitrogens with one attached hydrogen (secondary N) is 1. The normalized spacial score (nSPS) is 11.6. The van der Waals surface area contributed by atoms with Gasteiger partial charge in [-0.2, -0.15) is 0 Å². The number of amides is 1. The van der Waals surface area contributed by atoms with Crippen LogP contribution >= 0.6 is 15.9 Å². The Kier molecular flexibility index (Phi) is 7.16. The van der Waals surface area contributed by atoms with Crippen LogP contribution in [0.3, 0.4) is 0 Å². The highest BCUT2D eigenvalue weighted by Crippen LogP contribution is 2.15. The van der Waals surface area contributed by atoms with Crippen LogP contribution < -0.4 is 5.32 Å². The smallest absolute Gasteiger partial charge is 0.337 e. The maximum absolute atomic E-state index is 12.2. The molecule has 5 nitrogen and oxygen atoms in total. The number of methoxy groups -OCH3 is 1. The topological polar surface area (TPSA) is 75.6 Å². The van der Waals surface area contributed by atoms with E-state index in [-0.39, 0.29) is 18.4 Å². The van der Waals surface area contributed by atoms with Gasteiger partial charge in [0, 0.05) is 29.1 Å². The standard InChI is InChI=1S/C19H20BrNO4/c1-25-19(24)16-7-5-15(6-8-16)18(23)21-11-14(12-22)9-13-3-2-4-17(20)10-13/h2-8,10,14,22H,9,11-12H2,1H3,(H,21,23)/t14-/m1/s1. The van der Waals surface area contributed by atoms with Crippen LogP contribution in [-0.2, 0) is 11.2 Å². The molecule has 0 fully saturated rings. The summed E-state index contributed by atoms with van der Waals surface area (Å²) in [5.74, 6) is -0.766. The lowest BCUT2D eigenvalue weighted by Gasteiger charge is -2.15. The van der Waals surface area contributed by atoms with Gasteiger partial charge >= 0.3 is 5.97 Å². The zero-order chi connectivity index (χ0) is 18.2. The first-order valence-corrected chi connectivity index (χ1v) is 8.64. The minimum absolute atomic E-state index is 0.0198. The number of halogens is 1. The Balaban J connectivity index is 1.92. The number of benzene rings is 2. The number of carbonyl (C=O) groups excluding carboxylic acids is 2. The van der Waals surface area contributed by atoms with Gasteiger partial charge in [-0.1, -0.05) is 28.1 Å². The van der Waals surface area contributed by atoms with Gasteiger partial charge in [0.15, 0.2) is 0 Å². The summed E-state index contributed by atoms with van der Waals surface area (Å²) in [6, 6.07) is 14.1. The summed E-state index contributed by atoms with van der Waals surface area (Å²) in [5.41, 5.74) is 1.93. The van der Waals surface area contributed by atoms with Gasteiger partial charge in [-0.05, 0) is 48.4 Å². The van der Waals surface area contributed by atoms with Gasteiger partial charge in [-0.3, -0.25) is 4.79 Å². The fourth-order valence-electron chi connectivity index (χ4n) is 2.41. The highest BCUT2D eigenvalue weighted by molar-refractivity contribution is 9.10. The summed E-state index contributed by atoms with van der Waals surface area (Å²) in [6.07, 6.45) is 0.664. The maximum Gasteiger partial charge on any atom is 0.337 e. The Labute approximate surface area is 155 Å². The van der Waals surface area contributed by atoms with E-state index in [2.05, 4.69) is 26.0 Å². The van der Waals surface area contributed by atoms with E-state index in [1.165, 1.54) is 7.11 Å². The minimum atomic E-state index is -0.443. The van der Waals surface area contributed by atoms with Crippen LogP contribution in [0, 0.1) is 5.92 Å². The lowest BCUT2D eigenvalue weighted by Crippen LogP contribution is -2.31. The minimum Gasteiger partial charge on any atom is -0.465 e. The molecule has 132 valence electrons. The Morgan fingerprint density at radius 3 is 2.44 bits per heavy atom. The SMILES string of the molecule is COC(=O)c1ccc(C(=O)NC[C@H](CO)Cc2cccc(Br)c2)cc1. The zero-order valence-electron chi connectivity index (χ0n) is 13.9. The van der Waals surface area contributed by atoms with Crippen LogP contribution in [0.15, 0.2) is 53.0 Å². The predicted molar refractivity (Wildman–Crippen MR) is 98.5 cm³/mol. The molecule has 0 bridgehead atoms. The number of carbonyl (C=O) groups is 2. The molecule has 0 spiro atoms. The van der Waals surface area contributed by atoms with Gasteiger partial charge in [0.2, 0.25) is 0 Å². The van der Waals surface area contributed by atoms with Crippen LogP contribution in [0.4, 0.5) is 0 Å². The van der Waals surface area contributed by atoms with Crippen LogP contribution in [0.5, 0.6) is 0 Å². The van der Waals surface area contributed by atoms with E-state index in [0.717, 1.165) is 10.0 Å². The second kappa shape index (κ2) is 9.34. The van der Waals surface area contributed by atoms with Crippen molar-refractivity contribution in [1.82, 2.24) is 5.32 Å². The summed E-state index contributed by atoms with van der Waals surface area (Å²) in [4.78, 5) is 23.6. The molecule has 2 N–H and O–H groups in total. The number of esters is 1. The Hall–Kier alpha value is -2.18. The summed E-state index contributed by atoms with van der Waals surface area (Å²) in [5, 5.41) is 12.4. The van der Waals surface area contributed by atoms with Gasteiger partial charge in [-0.25, -0.2) is 4.79 Å². The molecule has 25 heavy (non-hydrogen) atoms. The molecule has 0 aliphatic heterocycles. The van der Waals surface area contributed by atoms with Gasteiger partial charge in [-0.15, -0.1) is 0 Å². The summed E-state index contributed by atoms with van der Waals surface area (Å²) < 4.78 is 5.61. The molecule has 1 amide bonds. The molecule has 0 aliphatic rings. The first kappa shape index (κ1) is 19.1. The molecule has 0 aliphatic carbocycles. The number of aliphatic hydroxyl groups is 1. The zero-order valence-corrected chi connectivity index (χ0v) is 15.5. The maximum atomic E-state index is 12.2. The molecule has 0 aromatic heterocycles. The Bertz CT molecular complexity index is 730.